The number of carbonyl (C=O) groups is 1. The van der Waals surface area contributed by atoms with Crippen LogP contribution in [0, 0.1) is 0 Å². The molecule has 88 valence electrons. The van der Waals surface area contributed by atoms with Crippen LogP contribution in [0.1, 0.15) is 18.2 Å². The number of hydrogen-bond acceptors (Lipinski definition) is 3. The van der Waals surface area contributed by atoms with Gasteiger partial charge in [-0.25, -0.2) is 4.98 Å². The van der Waals surface area contributed by atoms with Crippen molar-refractivity contribution >= 4 is 5.97 Å². The van der Waals surface area contributed by atoms with Crippen LogP contribution in [-0.2, 0) is 17.6 Å². The number of benzene rings is 1. The molecule has 1 heterocycles. The summed E-state index contributed by atoms with van der Waals surface area (Å²) < 4.78 is 5.26. The second-order valence-electron chi connectivity index (χ2n) is 3.75. The van der Waals surface area contributed by atoms with Crippen molar-refractivity contribution in [2.24, 2.45) is 0 Å². The molecule has 17 heavy (non-hydrogen) atoms. The number of hydrogen-bond donors (Lipinski definition) is 1. The molecule has 4 nitrogen and oxygen atoms in total. The molecule has 0 aliphatic heterocycles. The van der Waals surface area contributed by atoms with Crippen LogP contribution in [0.5, 0.6) is 0 Å². The van der Waals surface area contributed by atoms with Crippen molar-refractivity contribution in [3.63, 3.8) is 0 Å². The zero-order chi connectivity index (χ0) is 12.3. The number of oxazole rings is 1. The molecule has 0 fully saturated rings. The van der Waals surface area contributed by atoms with Gasteiger partial charge in [-0.1, -0.05) is 25.1 Å². The van der Waals surface area contributed by atoms with Gasteiger partial charge >= 0.3 is 5.97 Å². The van der Waals surface area contributed by atoms with Crippen LogP contribution in [-0.4, -0.2) is 16.1 Å². The lowest BCUT2D eigenvalue weighted by molar-refractivity contribution is -0.136. The van der Waals surface area contributed by atoms with Crippen molar-refractivity contribution in [1.82, 2.24) is 4.98 Å². The Bertz CT molecular complexity index is 531. The first-order valence-electron chi connectivity index (χ1n) is 5.44. The molecule has 0 bridgehead atoms. The average Bonchev–Trinajstić information content (AvgIpc) is 2.76. The number of rotatable bonds is 4. The summed E-state index contributed by atoms with van der Waals surface area (Å²) in [4.78, 5) is 14.8. The van der Waals surface area contributed by atoms with Crippen LogP contribution in [0.15, 0.2) is 35.1 Å². The van der Waals surface area contributed by atoms with Gasteiger partial charge in [-0.05, 0) is 11.6 Å². The van der Waals surface area contributed by atoms with Crippen molar-refractivity contribution in [2.45, 2.75) is 19.8 Å². The van der Waals surface area contributed by atoms with E-state index in [9.17, 15) is 4.79 Å². The standard InChI is InChI=1S/C13H13NO3/c1-2-11-13(14-8-17-11)10-5-3-4-9(6-10)7-12(15)16/h3-6,8H,2,7H2,1H3,(H,15,16). The third-order valence-electron chi connectivity index (χ3n) is 2.52. The third kappa shape index (κ3) is 2.53. The predicted octanol–water partition coefficient (Wildman–Crippen LogP) is 2.53. The molecule has 0 radical (unpaired) electrons. The highest BCUT2D eigenvalue weighted by Gasteiger charge is 2.10. The Morgan fingerprint density at radius 1 is 1.47 bits per heavy atom. The van der Waals surface area contributed by atoms with Crippen molar-refractivity contribution < 1.29 is 14.3 Å². The molecule has 2 aromatic rings. The Kier molecular flexibility index (Phi) is 3.23. The first-order chi connectivity index (χ1) is 8.20. The molecule has 4 heteroatoms. The second-order valence-corrected chi connectivity index (χ2v) is 3.75. The predicted molar refractivity (Wildman–Crippen MR) is 62.7 cm³/mol. The Labute approximate surface area is 98.9 Å². The van der Waals surface area contributed by atoms with E-state index in [1.807, 2.05) is 25.1 Å². The van der Waals surface area contributed by atoms with Gasteiger partial charge in [0.25, 0.3) is 0 Å². The summed E-state index contributed by atoms with van der Waals surface area (Å²) in [5, 5.41) is 8.75. The van der Waals surface area contributed by atoms with E-state index < -0.39 is 5.97 Å². The maximum atomic E-state index is 10.7. The van der Waals surface area contributed by atoms with Crippen molar-refractivity contribution in [2.75, 3.05) is 0 Å². The van der Waals surface area contributed by atoms with Crippen molar-refractivity contribution in [1.29, 1.82) is 0 Å². The summed E-state index contributed by atoms with van der Waals surface area (Å²) in [6.45, 7) is 1.99. The molecule has 0 aliphatic rings. The maximum absolute atomic E-state index is 10.7. The number of nitrogens with zero attached hydrogens (tertiary/aromatic N) is 1. The number of carboxylic acid groups (broad SMARTS) is 1. The number of carboxylic acids is 1. The Morgan fingerprint density at radius 2 is 2.29 bits per heavy atom. The number of aromatic nitrogens is 1. The highest BCUT2D eigenvalue weighted by Crippen LogP contribution is 2.23. The highest BCUT2D eigenvalue weighted by atomic mass is 16.4. The molecule has 0 aliphatic carbocycles. The van der Waals surface area contributed by atoms with E-state index in [0.29, 0.717) is 0 Å². The molecule has 0 amide bonds. The molecule has 1 aromatic heterocycles. The first kappa shape index (κ1) is 11.4. The summed E-state index contributed by atoms with van der Waals surface area (Å²) in [5.74, 6) is -0.0181. The fourth-order valence-electron chi connectivity index (χ4n) is 1.76. The van der Waals surface area contributed by atoms with Gasteiger partial charge in [0, 0.05) is 12.0 Å². The monoisotopic (exact) mass is 231 g/mol. The summed E-state index contributed by atoms with van der Waals surface area (Å²) in [5.41, 5.74) is 2.45. The molecule has 0 saturated carbocycles. The topological polar surface area (TPSA) is 63.3 Å². The molecule has 1 N–H and O–H groups in total. The fourth-order valence-corrected chi connectivity index (χ4v) is 1.76. The van der Waals surface area contributed by atoms with Gasteiger partial charge in [-0.3, -0.25) is 4.79 Å². The van der Waals surface area contributed by atoms with E-state index in [1.54, 1.807) is 6.07 Å². The zero-order valence-corrected chi connectivity index (χ0v) is 9.51. The van der Waals surface area contributed by atoms with Crippen LogP contribution in [0.25, 0.3) is 11.3 Å². The summed E-state index contributed by atoms with van der Waals surface area (Å²) >= 11 is 0. The SMILES string of the molecule is CCc1ocnc1-c1cccc(CC(=O)O)c1. The Hall–Kier alpha value is -2.10. The minimum absolute atomic E-state index is 0.0210. The van der Waals surface area contributed by atoms with Crippen LogP contribution in [0.2, 0.25) is 0 Å². The van der Waals surface area contributed by atoms with E-state index in [-0.39, 0.29) is 6.42 Å². The van der Waals surface area contributed by atoms with Crippen LogP contribution >= 0.6 is 0 Å². The van der Waals surface area contributed by atoms with E-state index in [2.05, 4.69) is 4.98 Å². The highest BCUT2D eigenvalue weighted by molar-refractivity contribution is 5.71. The van der Waals surface area contributed by atoms with E-state index in [0.717, 1.165) is 29.0 Å². The van der Waals surface area contributed by atoms with Gasteiger partial charge in [0.1, 0.15) is 11.5 Å². The van der Waals surface area contributed by atoms with Crippen LogP contribution in [0.3, 0.4) is 0 Å². The van der Waals surface area contributed by atoms with E-state index >= 15 is 0 Å². The van der Waals surface area contributed by atoms with Crippen LogP contribution < -0.4 is 0 Å². The minimum Gasteiger partial charge on any atom is -0.481 e. The van der Waals surface area contributed by atoms with Crippen LogP contribution in [0.4, 0.5) is 0 Å². The lowest BCUT2D eigenvalue weighted by Gasteiger charge is -2.02. The fraction of sp³-hybridized carbons (Fsp3) is 0.231. The van der Waals surface area contributed by atoms with Gasteiger partial charge in [0.05, 0.1) is 6.42 Å². The summed E-state index contributed by atoms with van der Waals surface area (Å²) in [6, 6.07) is 7.37. The normalized spacial score (nSPS) is 10.4. The van der Waals surface area contributed by atoms with Gasteiger partial charge in [0.2, 0.25) is 0 Å². The molecule has 0 saturated heterocycles. The molecule has 0 spiro atoms. The quantitative estimate of drug-likeness (QED) is 0.878. The van der Waals surface area contributed by atoms with Gasteiger partial charge in [-0.15, -0.1) is 0 Å². The molecule has 2 rings (SSSR count). The number of aryl methyl sites for hydroxylation is 1. The van der Waals surface area contributed by atoms with Gasteiger partial charge < -0.3 is 9.52 Å². The largest absolute Gasteiger partial charge is 0.481 e. The molecule has 1 aromatic carbocycles. The Morgan fingerprint density at radius 3 is 3.00 bits per heavy atom. The van der Waals surface area contributed by atoms with Crippen molar-refractivity contribution in [3.8, 4) is 11.3 Å². The molecular formula is C13H13NO3. The summed E-state index contributed by atoms with van der Waals surface area (Å²) in [7, 11) is 0. The van der Waals surface area contributed by atoms with E-state index in [4.69, 9.17) is 9.52 Å². The van der Waals surface area contributed by atoms with Gasteiger partial charge in [-0.2, -0.15) is 0 Å². The Balaban J connectivity index is 2.36. The smallest absolute Gasteiger partial charge is 0.307 e. The summed E-state index contributed by atoms with van der Waals surface area (Å²) in [6.07, 6.45) is 2.20. The molecular weight excluding hydrogens is 218 g/mol. The lowest BCUT2D eigenvalue weighted by atomic mass is 10.0. The molecule has 0 unspecified atom stereocenters. The van der Waals surface area contributed by atoms with Crippen molar-refractivity contribution in [3.05, 3.63) is 42.0 Å². The second kappa shape index (κ2) is 4.82. The van der Waals surface area contributed by atoms with E-state index in [1.165, 1.54) is 6.39 Å². The zero-order valence-electron chi connectivity index (χ0n) is 9.51. The lowest BCUT2D eigenvalue weighted by Crippen LogP contribution is -2.00. The third-order valence-corrected chi connectivity index (χ3v) is 2.52. The first-order valence-corrected chi connectivity index (χ1v) is 5.44. The molecule has 0 atom stereocenters. The van der Waals surface area contributed by atoms with Gasteiger partial charge in [0.15, 0.2) is 6.39 Å². The maximum Gasteiger partial charge on any atom is 0.307 e. The number of aliphatic carboxylic acids is 1. The minimum atomic E-state index is -0.835. The average molecular weight is 231 g/mol.